The predicted octanol–water partition coefficient (Wildman–Crippen LogP) is 5.77. The highest BCUT2D eigenvalue weighted by molar-refractivity contribution is 9.11. The minimum atomic E-state index is 0.0685. The summed E-state index contributed by atoms with van der Waals surface area (Å²) in [5.41, 5.74) is 1.05. The Bertz CT molecular complexity index is 583. The van der Waals surface area contributed by atoms with Gasteiger partial charge >= 0.3 is 0 Å². The van der Waals surface area contributed by atoms with Crippen molar-refractivity contribution in [2.24, 2.45) is 0 Å². The van der Waals surface area contributed by atoms with Crippen molar-refractivity contribution in [3.63, 3.8) is 0 Å². The van der Waals surface area contributed by atoms with E-state index < -0.39 is 0 Å². The first-order chi connectivity index (χ1) is 9.10. The average molecular weight is 471 g/mol. The van der Waals surface area contributed by atoms with E-state index in [-0.39, 0.29) is 4.83 Å². The van der Waals surface area contributed by atoms with Crippen LogP contribution >= 0.6 is 59.1 Å². The lowest BCUT2D eigenvalue weighted by Gasteiger charge is -2.17. The molecular weight excluding hydrogens is 460 g/mol. The van der Waals surface area contributed by atoms with Gasteiger partial charge in [0.15, 0.2) is 0 Å². The number of rotatable bonds is 4. The zero-order valence-electron chi connectivity index (χ0n) is 10.2. The topological polar surface area (TPSA) is 18.5 Å². The molecule has 0 aliphatic rings. The van der Waals surface area contributed by atoms with Crippen LogP contribution in [0.3, 0.4) is 0 Å². The molecule has 0 bridgehead atoms. The zero-order valence-corrected chi connectivity index (χ0v) is 15.8. The summed E-state index contributed by atoms with van der Waals surface area (Å²) >= 11 is 12.5. The molecule has 1 atom stereocenters. The van der Waals surface area contributed by atoms with Crippen LogP contribution in [0.5, 0.6) is 11.5 Å². The van der Waals surface area contributed by atoms with Crippen LogP contribution in [-0.2, 0) is 0 Å². The van der Waals surface area contributed by atoms with E-state index in [0.717, 1.165) is 26.0 Å². The number of hydrogen-bond acceptors (Lipinski definition) is 3. The summed E-state index contributed by atoms with van der Waals surface area (Å²) in [6, 6.07) is 5.98. The molecule has 0 radical (unpaired) electrons. The molecule has 0 amide bonds. The SMILES string of the molecule is COc1ccc(C(Br)c2sccc2Br)c(OC)c1Br. The Morgan fingerprint density at radius 3 is 2.37 bits per heavy atom. The van der Waals surface area contributed by atoms with Crippen molar-refractivity contribution in [1.29, 1.82) is 0 Å². The Balaban J connectivity index is 2.51. The molecule has 6 heteroatoms. The van der Waals surface area contributed by atoms with Gasteiger partial charge in [0.25, 0.3) is 0 Å². The van der Waals surface area contributed by atoms with Crippen molar-refractivity contribution in [3.05, 3.63) is 43.0 Å². The van der Waals surface area contributed by atoms with Gasteiger partial charge in [0.05, 0.1) is 19.0 Å². The quantitative estimate of drug-likeness (QED) is 0.528. The standard InChI is InChI=1S/C13H11Br3O2S/c1-17-9-4-3-7(12(18-2)11(9)16)10(15)13-8(14)5-6-19-13/h3-6,10H,1-2H3. The maximum absolute atomic E-state index is 5.51. The molecule has 102 valence electrons. The third kappa shape index (κ3) is 3.01. The Morgan fingerprint density at radius 2 is 1.84 bits per heavy atom. The summed E-state index contributed by atoms with van der Waals surface area (Å²) in [5, 5.41) is 2.05. The molecule has 0 N–H and O–H groups in total. The van der Waals surface area contributed by atoms with Gasteiger partial charge < -0.3 is 9.47 Å². The van der Waals surface area contributed by atoms with Gasteiger partial charge in [-0.15, -0.1) is 11.3 Å². The lowest BCUT2D eigenvalue weighted by Crippen LogP contribution is -1.98. The second-order valence-corrected chi connectivity index (χ2v) is 7.21. The van der Waals surface area contributed by atoms with E-state index in [0.29, 0.717) is 0 Å². The number of hydrogen-bond donors (Lipinski definition) is 0. The third-order valence-electron chi connectivity index (χ3n) is 2.66. The normalized spacial score (nSPS) is 12.3. The number of methoxy groups -OCH3 is 2. The monoisotopic (exact) mass is 468 g/mol. The van der Waals surface area contributed by atoms with Crippen molar-refractivity contribution in [3.8, 4) is 11.5 Å². The van der Waals surface area contributed by atoms with Crippen LogP contribution in [0, 0.1) is 0 Å². The number of ether oxygens (including phenoxy) is 2. The first-order valence-corrected chi connectivity index (χ1v) is 8.75. The highest BCUT2D eigenvalue weighted by atomic mass is 79.9. The van der Waals surface area contributed by atoms with E-state index in [1.54, 1.807) is 25.6 Å². The van der Waals surface area contributed by atoms with Gasteiger partial charge in [-0.25, -0.2) is 0 Å². The highest BCUT2D eigenvalue weighted by Gasteiger charge is 2.22. The minimum Gasteiger partial charge on any atom is -0.495 e. The molecule has 19 heavy (non-hydrogen) atoms. The fourth-order valence-corrected chi connectivity index (χ4v) is 5.26. The number of benzene rings is 1. The van der Waals surface area contributed by atoms with E-state index in [1.807, 2.05) is 18.2 Å². The Hall–Kier alpha value is -0.0400. The maximum Gasteiger partial charge on any atom is 0.141 e. The molecule has 2 nitrogen and oxygen atoms in total. The summed E-state index contributed by atoms with van der Waals surface area (Å²) in [4.78, 5) is 1.27. The van der Waals surface area contributed by atoms with E-state index in [4.69, 9.17) is 9.47 Å². The number of thiophene rings is 1. The van der Waals surface area contributed by atoms with Crippen molar-refractivity contribution >= 4 is 59.1 Å². The van der Waals surface area contributed by atoms with E-state index in [9.17, 15) is 0 Å². The summed E-state index contributed by atoms with van der Waals surface area (Å²) in [5.74, 6) is 1.53. The minimum absolute atomic E-state index is 0.0685. The van der Waals surface area contributed by atoms with Crippen LogP contribution in [0.25, 0.3) is 0 Å². The summed E-state index contributed by atoms with van der Waals surface area (Å²) in [6.07, 6.45) is 0. The van der Waals surface area contributed by atoms with Crippen molar-refractivity contribution in [1.82, 2.24) is 0 Å². The largest absolute Gasteiger partial charge is 0.495 e. The lowest BCUT2D eigenvalue weighted by atomic mass is 10.1. The van der Waals surface area contributed by atoms with Crippen LogP contribution < -0.4 is 9.47 Å². The summed E-state index contributed by atoms with van der Waals surface area (Å²) in [7, 11) is 3.30. The van der Waals surface area contributed by atoms with Gasteiger partial charge in [-0.1, -0.05) is 22.0 Å². The molecule has 0 saturated heterocycles. The third-order valence-corrected chi connectivity index (χ3v) is 6.60. The number of halogens is 3. The summed E-state index contributed by atoms with van der Waals surface area (Å²) < 4.78 is 12.7. The Labute approximate surface area is 141 Å². The molecule has 2 aromatic rings. The number of alkyl halides is 1. The van der Waals surface area contributed by atoms with Crippen molar-refractivity contribution in [2.45, 2.75) is 4.83 Å². The van der Waals surface area contributed by atoms with Gasteiger partial charge in [0, 0.05) is 14.9 Å². The van der Waals surface area contributed by atoms with Crippen molar-refractivity contribution in [2.75, 3.05) is 14.2 Å². The molecule has 1 aromatic carbocycles. The Morgan fingerprint density at radius 1 is 1.11 bits per heavy atom. The second kappa shape index (κ2) is 6.61. The van der Waals surface area contributed by atoms with E-state index in [2.05, 4.69) is 53.2 Å². The van der Waals surface area contributed by atoms with Gasteiger partial charge in [-0.3, -0.25) is 0 Å². The van der Waals surface area contributed by atoms with Gasteiger partial charge in [0.2, 0.25) is 0 Å². The van der Waals surface area contributed by atoms with Gasteiger partial charge in [-0.2, -0.15) is 0 Å². The fraction of sp³-hybridized carbons (Fsp3) is 0.231. The molecular formula is C13H11Br3O2S. The first kappa shape index (κ1) is 15.4. The summed E-state index contributed by atoms with van der Waals surface area (Å²) in [6.45, 7) is 0. The molecule has 0 saturated carbocycles. The van der Waals surface area contributed by atoms with Crippen LogP contribution in [0.15, 0.2) is 32.5 Å². The van der Waals surface area contributed by atoms with Crippen LogP contribution in [0.4, 0.5) is 0 Å². The van der Waals surface area contributed by atoms with Crippen LogP contribution in [0.1, 0.15) is 15.3 Å². The molecule has 0 aliphatic carbocycles. The Kier molecular flexibility index (Phi) is 5.34. The maximum atomic E-state index is 5.51. The molecule has 0 fully saturated rings. The molecule has 2 rings (SSSR count). The zero-order chi connectivity index (χ0) is 14.0. The first-order valence-electron chi connectivity index (χ1n) is 5.37. The molecule has 1 heterocycles. The smallest absolute Gasteiger partial charge is 0.141 e. The van der Waals surface area contributed by atoms with Gasteiger partial charge in [0.1, 0.15) is 16.0 Å². The highest BCUT2D eigenvalue weighted by Crippen LogP contribution is 2.46. The average Bonchev–Trinajstić information content (AvgIpc) is 2.83. The van der Waals surface area contributed by atoms with E-state index in [1.165, 1.54) is 4.88 Å². The van der Waals surface area contributed by atoms with Crippen LogP contribution in [-0.4, -0.2) is 14.2 Å². The predicted molar refractivity (Wildman–Crippen MR) is 90.0 cm³/mol. The molecule has 1 aromatic heterocycles. The lowest BCUT2D eigenvalue weighted by molar-refractivity contribution is 0.387. The van der Waals surface area contributed by atoms with Crippen molar-refractivity contribution < 1.29 is 9.47 Å². The second-order valence-electron chi connectivity index (χ2n) is 3.70. The van der Waals surface area contributed by atoms with Gasteiger partial charge in [-0.05, 0) is 49.4 Å². The molecule has 0 aliphatic heterocycles. The fourth-order valence-electron chi connectivity index (χ4n) is 1.75. The van der Waals surface area contributed by atoms with E-state index >= 15 is 0 Å². The van der Waals surface area contributed by atoms with Crippen LogP contribution in [0.2, 0.25) is 0 Å². The molecule has 0 spiro atoms. The molecule has 1 unspecified atom stereocenters.